The number of hydrogen-bond acceptors (Lipinski definition) is 10. The van der Waals surface area contributed by atoms with E-state index in [9.17, 15) is 4.79 Å². The predicted molar refractivity (Wildman–Crippen MR) is 158 cm³/mol. The standard InChI is InChI=1S/C30H37N9O2/c1-20-26(16-33-29-28(20)32-9-13-41-29)38-10-6-22-15-34-30(36-25(22)19-38)35-23-4-2-21(3-5-23)14-27(40)39-17-24(18-39)37-11-7-31-8-12-37/h2-5,15-16,24,31-32H,6-14,17-19H2,1H3,(H,34,35,36). The molecule has 3 aromatic rings. The number of fused-ring (bicyclic) bond motifs is 2. The van der Waals surface area contributed by atoms with Gasteiger partial charge in [-0.2, -0.15) is 0 Å². The van der Waals surface area contributed by atoms with Crippen molar-refractivity contribution < 1.29 is 9.53 Å². The monoisotopic (exact) mass is 555 g/mol. The Balaban J connectivity index is 0.958. The van der Waals surface area contributed by atoms with Crippen LogP contribution in [0, 0.1) is 6.92 Å². The molecule has 11 nitrogen and oxygen atoms in total. The normalized spacial score (nSPS) is 19.0. The Morgan fingerprint density at radius 3 is 2.73 bits per heavy atom. The average molecular weight is 556 g/mol. The molecule has 0 unspecified atom stereocenters. The fourth-order valence-corrected chi connectivity index (χ4v) is 6.16. The van der Waals surface area contributed by atoms with Gasteiger partial charge in [-0.15, -0.1) is 0 Å². The number of amides is 1. The Kier molecular flexibility index (Phi) is 7.05. The third kappa shape index (κ3) is 5.39. The maximum Gasteiger partial charge on any atom is 0.237 e. The van der Waals surface area contributed by atoms with Crippen LogP contribution in [0.15, 0.2) is 36.7 Å². The number of nitrogens with zero attached hydrogens (tertiary/aromatic N) is 6. The van der Waals surface area contributed by atoms with Crippen LogP contribution in [0.1, 0.15) is 22.4 Å². The van der Waals surface area contributed by atoms with Crippen molar-refractivity contribution in [1.29, 1.82) is 0 Å². The minimum absolute atomic E-state index is 0.201. The number of nitrogens with one attached hydrogen (secondary N) is 3. The van der Waals surface area contributed by atoms with Crippen LogP contribution in [0.4, 0.5) is 23.0 Å². The zero-order valence-electron chi connectivity index (χ0n) is 23.5. The lowest BCUT2D eigenvalue weighted by atomic mass is 10.0. The lowest BCUT2D eigenvalue weighted by Gasteiger charge is -2.46. The first-order valence-electron chi connectivity index (χ1n) is 14.7. The SMILES string of the molecule is Cc1c(N2CCc3cnc(Nc4ccc(CC(=O)N5CC(N6CCNCC6)C5)cc4)nc3C2)cnc2c1NCCO2. The van der Waals surface area contributed by atoms with E-state index in [1.807, 2.05) is 41.6 Å². The van der Waals surface area contributed by atoms with Crippen molar-refractivity contribution in [2.45, 2.75) is 32.4 Å². The van der Waals surface area contributed by atoms with E-state index in [1.165, 1.54) is 5.56 Å². The molecule has 0 saturated carbocycles. The van der Waals surface area contributed by atoms with Gasteiger partial charge in [0.05, 0.1) is 30.5 Å². The molecule has 2 aromatic heterocycles. The van der Waals surface area contributed by atoms with E-state index in [1.54, 1.807) is 0 Å². The molecule has 4 aliphatic heterocycles. The quantitative estimate of drug-likeness (QED) is 0.417. The van der Waals surface area contributed by atoms with E-state index in [0.717, 1.165) is 92.7 Å². The molecule has 2 fully saturated rings. The molecule has 4 aliphatic rings. The van der Waals surface area contributed by atoms with Crippen LogP contribution in [0.5, 0.6) is 5.88 Å². The van der Waals surface area contributed by atoms with E-state index in [2.05, 4.69) is 42.6 Å². The van der Waals surface area contributed by atoms with Crippen LogP contribution < -0.4 is 25.6 Å². The highest BCUT2D eigenvalue weighted by atomic mass is 16.5. The van der Waals surface area contributed by atoms with Crippen molar-refractivity contribution in [1.82, 2.24) is 30.1 Å². The number of likely N-dealkylation sites (tertiary alicyclic amines) is 1. The molecule has 0 spiro atoms. The molecule has 1 amide bonds. The maximum atomic E-state index is 12.8. The maximum absolute atomic E-state index is 12.8. The Labute approximate surface area is 240 Å². The molecule has 0 aliphatic carbocycles. The molecule has 11 heteroatoms. The summed E-state index contributed by atoms with van der Waals surface area (Å²) >= 11 is 0. The van der Waals surface area contributed by atoms with E-state index in [4.69, 9.17) is 9.72 Å². The number of hydrogen-bond donors (Lipinski definition) is 3. The first-order valence-corrected chi connectivity index (χ1v) is 14.7. The summed E-state index contributed by atoms with van der Waals surface area (Å²) in [5.41, 5.74) is 7.35. The van der Waals surface area contributed by atoms with Crippen LogP contribution in [-0.4, -0.2) is 95.7 Å². The third-order valence-corrected chi connectivity index (χ3v) is 8.65. The summed E-state index contributed by atoms with van der Waals surface area (Å²) in [5.74, 6) is 1.45. The van der Waals surface area contributed by atoms with Crippen molar-refractivity contribution >= 4 is 28.9 Å². The second kappa shape index (κ2) is 11.1. The van der Waals surface area contributed by atoms with Gasteiger partial charge in [0.1, 0.15) is 12.3 Å². The van der Waals surface area contributed by atoms with Crippen molar-refractivity contribution in [3.05, 3.63) is 59.0 Å². The summed E-state index contributed by atoms with van der Waals surface area (Å²) in [7, 11) is 0. The van der Waals surface area contributed by atoms with Gasteiger partial charge in [0.2, 0.25) is 17.7 Å². The van der Waals surface area contributed by atoms with Crippen LogP contribution in [0.25, 0.3) is 0 Å². The second-order valence-electron chi connectivity index (χ2n) is 11.3. The van der Waals surface area contributed by atoms with Gasteiger partial charge in [-0.25, -0.2) is 15.0 Å². The summed E-state index contributed by atoms with van der Waals surface area (Å²) < 4.78 is 5.70. The average Bonchev–Trinajstić information content (AvgIpc) is 2.98. The lowest BCUT2D eigenvalue weighted by molar-refractivity contribution is -0.138. The highest BCUT2D eigenvalue weighted by Crippen LogP contribution is 2.36. The van der Waals surface area contributed by atoms with E-state index < -0.39 is 0 Å². The Morgan fingerprint density at radius 1 is 1.07 bits per heavy atom. The summed E-state index contributed by atoms with van der Waals surface area (Å²) in [6.07, 6.45) is 5.15. The van der Waals surface area contributed by atoms with E-state index >= 15 is 0 Å². The smallest absolute Gasteiger partial charge is 0.237 e. The fourth-order valence-electron chi connectivity index (χ4n) is 6.16. The molecule has 3 N–H and O–H groups in total. The number of anilines is 4. The van der Waals surface area contributed by atoms with Crippen LogP contribution in [0.3, 0.4) is 0 Å². The third-order valence-electron chi connectivity index (χ3n) is 8.65. The highest BCUT2D eigenvalue weighted by molar-refractivity contribution is 5.80. The summed E-state index contributed by atoms with van der Waals surface area (Å²) in [4.78, 5) is 33.6. The van der Waals surface area contributed by atoms with Crippen molar-refractivity contribution in [2.75, 3.05) is 74.5 Å². The van der Waals surface area contributed by atoms with Gasteiger partial charge in [-0.05, 0) is 36.6 Å². The molecule has 2 saturated heterocycles. The minimum Gasteiger partial charge on any atom is -0.474 e. The largest absolute Gasteiger partial charge is 0.474 e. The molecule has 1 aromatic carbocycles. The van der Waals surface area contributed by atoms with Gasteiger partial charge in [-0.1, -0.05) is 12.1 Å². The van der Waals surface area contributed by atoms with Crippen LogP contribution in [0.2, 0.25) is 0 Å². The second-order valence-corrected chi connectivity index (χ2v) is 11.3. The van der Waals surface area contributed by atoms with Crippen LogP contribution >= 0.6 is 0 Å². The number of carbonyl (C=O) groups is 1. The minimum atomic E-state index is 0.201. The first kappa shape index (κ1) is 26.0. The van der Waals surface area contributed by atoms with Gasteiger partial charge in [-0.3, -0.25) is 9.69 Å². The van der Waals surface area contributed by atoms with Gasteiger partial charge >= 0.3 is 0 Å². The predicted octanol–water partition coefficient (Wildman–Crippen LogP) is 1.95. The Morgan fingerprint density at radius 2 is 1.90 bits per heavy atom. The zero-order chi connectivity index (χ0) is 27.8. The fraction of sp³-hybridized carbons (Fsp3) is 0.467. The molecule has 6 heterocycles. The number of ether oxygens (including phenoxy) is 1. The summed E-state index contributed by atoms with van der Waals surface area (Å²) in [6, 6.07) is 8.53. The number of carbonyl (C=O) groups excluding carboxylic acids is 1. The highest BCUT2D eigenvalue weighted by Gasteiger charge is 2.35. The number of rotatable bonds is 6. The zero-order valence-corrected chi connectivity index (χ0v) is 23.5. The van der Waals surface area contributed by atoms with Crippen molar-refractivity contribution in [3.63, 3.8) is 0 Å². The number of aromatic nitrogens is 3. The molecule has 0 atom stereocenters. The van der Waals surface area contributed by atoms with Crippen molar-refractivity contribution in [3.8, 4) is 5.88 Å². The molecule has 7 rings (SSSR count). The number of benzene rings is 1. The number of pyridine rings is 1. The Bertz CT molecular complexity index is 1420. The molecule has 214 valence electrons. The van der Waals surface area contributed by atoms with E-state index in [0.29, 0.717) is 37.4 Å². The Hall–Kier alpha value is -3.96. The van der Waals surface area contributed by atoms with Crippen molar-refractivity contribution in [2.24, 2.45) is 0 Å². The van der Waals surface area contributed by atoms with Gasteiger partial charge in [0.15, 0.2) is 0 Å². The van der Waals surface area contributed by atoms with E-state index in [-0.39, 0.29) is 5.91 Å². The van der Waals surface area contributed by atoms with Gasteiger partial charge < -0.3 is 30.5 Å². The first-order chi connectivity index (χ1) is 20.1. The summed E-state index contributed by atoms with van der Waals surface area (Å²) in [5, 5.41) is 10.2. The summed E-state index contributed by atoms with van der Waals surface area (Å²) in [6.45, 7) is 11.1. The molecular weight excluding hydrogens is 518 g/mol. The van der Waals surface area contributed by atoms with Gasteiger partial charge in [0, 0.05) is 75.8 Å². The molecule has 0 radical (unpaired) electrons. The number of piperazine rings is 1. The molecule has 0 bridgehead atoms. The topological polar surface area (TPSA) is 111 Å². The van der Waals surface area contributed by atoms with Gasteiger partial charge in [0.25, 0.3) is 0 Å². The molecule has 41 heavy (non-hydrogen) atoms. The lowest BCUT2D eigenvalue weighted by Crippen LogP contribution is -2.64. The van der Waals surface area contributed by atoms with Crippen LogP contribution in [-0.2, 0) is 24.2 Å². The molecular formula is C30H37N9O2.